The third-order valence-corrected chi connectivity index (χ3v) is 2.02. The van der Waals surface area contributed by atoms with Crippen LogP contribution in [-0.4, -0.2) is 77.7 Å². The van der Waals surface area contributed by atoms with Crippen LogP contribution in [0, 0.1) is 0 Å². The average molecular weight is 235 g/mol. The van der Waals surface area contributed by atoms with Gasteiger partial charge in [0, 0.05) is 64.5 Å². The summed E-state index contributed by atoms with van der Waals surface area (Å²) in [7, 11) is -2.08. The average Bonchev–Trinajstić information content (AvgIpc) is 2.33. The van der Waals surface area contributed by atoms with Crippen molar-refractivity contribution in [1.82, 2.24) is 0 Å². The molecule has 0 atom stereocenters. The van der Waals surface area contributed by atoms with Crippen LogP contribution < -0.4 is 11.5 Å². The fourth-order valence-electron chi connectivity index (χ4n) is 0.557. The third-order valence-electron chi connectivity index (χ3n) is 1.15. The number of nitrogens with two attached hydrogens (primary N) is 2. The van der Waals surface area contributed by atoms with Crippen molar-refractivity contribution in [2.75, 3.05) is 26.3 Å². The molecule has 5 nitrogen and oxygen atoms in total. The van der Waals surface area contributed by atoms with E-state index >= 15 is 0 Å². The van der Waals surface area contributed by atoms with Crippen molar-refractivity contribution in [3.63, 3.8) is 0 Å². The molecule has 0 bridgehead atoms. The van der Waals surface area contributed by atoms with Gasteiger partial charge >= 0.3 is 8.25 Å². The van der Waals surface area contributed by atoms with E-state index in [1.807, 2.05) is 0 Å². The minimum atomic E-state index is -2.08. The molecule has 13 heavy (non-hydrogen) atoms. The number of hydrogen-bond donors (Lipinski definition) is 2. The van der Waals surface area contributed by atoms with Gasteiger partial charge in [-0.15, -0.1) is 0 Å². The summed E-state index contributed by atoms with van der Waals surface area (Å²) in [5.74, 6) is 0. The first kappa shape index (κ1) is 17.1. The second-order valence-electron chi connectivity index (χ2n) is 2.23. The first-order valence-corrected chi connectivity index (χ1v) is 5.23. The topological polar surface area (TPSA) is 87.6 Å². The molecule has 0 amide bonds. The molecule has 0 spiro atoms. The predicted octanol–water partition coefficient (Wildman–Crippen LogP) is -0.274. The van der Waals surface area contributed by atoms with Gasteiger partial charge in [0.2, 0.25) is 0 Å². The summed E-state index contributed by atoms with van der Waals surface area (Å²) in [4.78, 5) is 0. The van der Waals surface area contributed by atoms with Gasteiger partial charge in [-0.1, -0.05) is 0 Å². The van der Waals surface area contributed by atoms with Crippen molar-refractivity contribution in [2.24, 2.45) is 11.5 Å². The minimum absolute atomic E-state index is 0. The van der Waals surface area contributed by atoms with Crippen molar-refractivity contribution in [1.29, 1.82) is 0 Å². The van der Waals surface area contributed by atoms with E-state index in [-0.39, 0.29) is 51.4 Å². The molecular weight excluding hydrogens is 218 g/mol. The minimum Gasteiger partial charge on any atom is -0.329 e. The maximum absolute atomic E-state index is 10.4. The molecular formula is C6H17KN2O3P. The molecule has 0 unspecified atom stereocenters. The van der Waals surface area contributed by atoms with Crippen molar-refractivity contribution < 1.29 is 13.6 Å². The van der Waals surface area contributed by atoms with Crippen LogP contribution in [0.2, 0.25) is 0 Å². The second kappa shape index (κ2) is 13.7. The fraction of sp³-hybridized carbons (Fsp3) is 1.00. The van der Waals surface area contributed by atoms with E-state index in [0.29, 0.717) is 26.3 Å². The molecule has 1 fully saturated rings. The van der Waals surface area contributed by atoms with Gasteiger partial charge in [0.1, 0.15) is 0 Å². The van der Waals surface area contributed by atoms with Gasteiger partial charge in [-0.25, -0.2) is 0 Å². The van der Waals surface area contributed by atoms with E-state index in [4.69, 9.17) is 20.5 Å². The Morgan fingerprint density at radius 3 is 1.77 bits per heavy atom. The smallest absolute Gasteiger partial charge is 0.319 e. The van der Waals surface area contributed by atoms with Crippen LogP contribution >= 0.6 is 8.25 Å². The van der Waals surface area contributed by atoms with Gasteiger partial charge in [0.15, 0.2) is 0 Å². The molecule has 1 heterocycles. The van der Waals surface area contributed by atoms with Gasteiger partial charge in [-0.05, 0) is 12.8 Å². The Bertz CT molecular complexity index is 116. The van der Waals surface area contributed by atoms with E-state index in [9.17, 15) is 4.57 Å². The van der Waals surface area contributed by atoms with E-state index in [1.165, 1.54) is 0 Å². The maximum Gasteiger partial charge on any atom is 0.319 e. The molecule has 0 aromatic carbocycles. The molecule has 1 aliphatic heterocycles. The molecule has 7 heteroatoms. The van der Waals surface area contributed by atoms with Crippen LogP contribution in [0.3, 0.4) is 0 Å². The summed E-state index contributed by atoms with van der Waals surface area (Å²) in [6.45, 7) is 2.38. The molecule has 0 saturated carbocycles. The second-order valence-corrected chi connectivity index (χ2v) is 3.31. The normalized spacial score (nSPS) is 17.7. The van der Waals surface area contributed by atoms with Crippen molar-refractivity contribution >= 4 is 59.6 Å². The Labute approximate surface area is 122 Å². The van der Waals surface area contributed by atoms with Gasteiger partial charge in [0.25, 0.3) is 0 Å². The van der Waals surface area contributed by atoms with Crippen molar-refractivity contribution in [3.8, 4) is 0 Å². The van der Waals surface area contributed by atoms with E-state index < -0.39 is 8.25 Å². The summed E-state index contributed by atoms with van der Waals surface area (Å²) in [6, 6.07) is 0. The van der Waals surface area contributed by atoms with Gasteiger partial charge in [-0.3, -0.25) is 4.57 Å². The molecule has 4 N–H and O–H groups in total. The number of hydrogen-bond acceptors (Lipinski definition) is 5. The molecule has 1 radical (unpaired) electrons. The van der Waals surface area contributed by atoms with Gasteiger partial charge in [0.05, 0.1) is 13.2 Å². The molecule has 0 aliphatic carbocycles. The predicted molar refractivity (Wildman–Crippen MR) is 54.0 cm³/mol. The molecule has 1 aliphatic rings. The Kier molecular flexibility index (Phi) is 18.0. The first-order chi connectivity index (χ1) is 5.81. The molecule has 75 valence electrons. The molecule has 0 aromatic rings. The molecule has 0 aromatic heterocycles. The summed E-state index contributed by atoms with van der Waals surface area (Å²) in [5.41, 5.74) is 9.81. The zero-order valence-corrected chi connectivity index (χ0v) is 12.2. The van der Waals surface area contributed by atoms with Crippen molar-refractivity contribution in [2.45, 2.75) is 12.8 Å². The Morgan fingerprint density at radius 2 is 1.46 bits per heavy atom. The maximum atomic E-state index is 10.4. The zero-order valence-electron chi connectivity index (χ0n) is 8.12. The third kappa shape index (κ3) is 13.7. The Morgan fingerprint density at radius 1 is 1.08 bits per heavy atom. The van der Waals surface area contributed by atoms with Gasteiger partial charge < -0.3 is 20.5 Å². The van der Waals surface area contributed by atoms with Crippen LogP contribution in [0.5, 0.6) is 0 Å². The van der Waals surface area contributed by atoms with Crippen LogP contribution in [0.15, 0.2) is 0 Å². The fourth-order valence-corrected chi connectivity index (χ4v) is 1.26. The first-order valence-electron chi connectivity index (χ1n) is 4.01. The van der Waals surface area contributed by atoms with Gasteiger partial charge in [-0.2, -0.15) is 0 Å². The van der Waals surface area contributed by atoms with Crippen LogP contribution in [0.1, 0.15) is 12.8 Å². The Balaban J connectivity index is 0. The standard InChI is InChI=1S/C4H9O3P.C2H8N2.K/c5-8-6-3-1-2-4-7-8;3-1-2-4;/h8H,1-4H2;1-4H2;. The van der Waals surface area contributed by atoms with Crippen LogP contribution in [0.25, 0.3) is 0 Å². The van der Waals surface area contributed by atoms with Crippen LogP contribution in [-0.2, 0) is 13.6 Å². The van der Waals surface area contributed by atoms with Crippen LogP contribution in [0.4, 0.5) is 0 Å². The van der Waals surface area contributed by atoms with E-state index in [0.717, 1.165) is 12.8 Å². The SMILES string of the molecule is NCCN.O=[PH]1OCCCCO1.[K]. The molecule has 1 saturated heterocycles. The summed E-state index contributed by atoms with van der Waals surface area (Å²) in [5, 5.41) is 0. The molecule has 1 rings (SSSR count). The summed E-state index contributed by atoms with van der Waals surface area (Å²) in [6.07, 6.45) is 1.94. The van der Waals surface area contributed by atoms with E-state index in [1.54, 1.807) is 0 Å². The van der Waals surface area contributed by atoms with Crippen molar-refractivity contribution in [3.05, 3.63) is 0 Å². The quantitative estimate of drug-likeness (QED) is 0.482. The van der Waals surface area contributed by atoms with E-state index in [2.05, 4.69) is 0 Å². The Hall–Kier alpha value is 1.71. The summed E-state index contributed by atoms with van der Waals surface area (Å²) < 4.78 is 19.9. The largest absolute Gasteiger partial charge is 0.329 e. The summed E-state index contributed by atoms with van der Waals surface area (Å²) >= 11 is 0. The number of rotatable bonds is 1. The monoisotopic (exact) mass is 235 g/mol. The zero-order chi connectivity index (χ0) is 9.23.